The average molecular weight is 336 g/mol. The van der Waals surface area contributed by atoms with Gasteiger partial charge >= 0.3 is 0 Å². The molecule has 0 aliphatic rings. The molecule has 0 aromatic heterocycles. The zero-order valence-corrected chi connectivity index (χ0v) is 13.1. The third-order valence-electron chi connectivity index (χ3n) is 2.94. The van der Waals surface area contributed by atoms with Crippen molar-refractivity contribution in [3.63, 3.8) is 0 Å². The summed E-state index contributed by atoms with van der Waals surface area (Å²) in [6.45, 7) is 4.11. The lowest BCUT2D eigenvalue weighted by molar-refractivity contribution is 0.458. The predicted molar refractivity (Wildman–Crippen MR) is 76.4 cm³/mol. The second-order valence-corrected chi connectivity index (χ2v) is 8.39. The normalized spacial score (nSPS) is 12.7. The summed E-state index contributed by atoms with van der Waals surface area (Å²) >= 11 is 3.24. The van der Waals surface area contributed by atoms with Crippen LogP contribution in [0.4, 0.5) is 0 Å². The Kier molecular flexibility index (Phi) is 4.80. The number of benzene rings is 1. The molecule has 0 bridgehead atoms. The summed E-state index contributed by atoms with van der Waals surface area (Å²) in [6, 6.07) is 5.36. The van der Waals surface area contributed by atoms with Gasteiger partial charge in [0, 0.05) is 24.9 Å². The lowest BCUT2D eigenvalue weighted by Gasteiger charge is -2.23. The fourth-order valence-corrected chi connectivity index (χ4v) is 2.10. The minimum absolute atomic E-state index is 0.183. The van der Waals surface area contributed by atoms with Gasteiger partial charge in [-0.1, -0.05) is 12.1 Å². The van der Waals surface area contributed by atoms with E-state index in [9.17, 15) is 13.5 Å². The Morgan fingerprint density at radius 1 is 1.39 bits per heavy atom. The SMILES string of the molecule is CC(C)(CNCc1cccc(Br)c1O)S(C)(=O)=O. The highest BCUT2D eigenvalue weighted by Gasteiger charge is 2.29. The van der Waals surface area contributed by atoms with Gasteiger partial charge in [0.1, 0.15) is 5.75 Å². The molecule has 6 heteroatoms. The lowest BCUT2D eigenvalue weighted by Crippen LogP contribution is -2.41. The second kappa shape index (κ2) is 5.59. The van der Waals surface area contributed by atoms with E-state index >= 15 is 0 Å². The Bertz CT molecular complexity index is 526. The Morgan fingerprint density at radius 3 is 2.56 bits per heavy atom. The molecule has 0 amide bonds. The zero-order valence-electron chi connectivity index (χ0n) is 10.7. The van der Waals surface area contributed by atoms with Gasteiger partial charge in [-0.15, -0.1) is 0 Å². The minimum atomic E-state index is -3.11. The van der Waals surface area contributed by atoms with Crippen LogP contribution in [0.15, 0.2) is 22.7 Å². The monoisotopic (exact) mass is 335 g/mol. The molecule has 0 saturated carbocycles. The molecule has 0 aliphatic carbocycles. The average Bonchev–Trinajstić information content (AvgIpc) is 2.22. The maximum absolute atomic E-state index is 11.5. The summed E-state index contributed by atoms with van der Waals surface area (Å²) in [7, 11) is -3.11. The largest absolute Gasteiger partial charge is 0.506 e. The van der Waals surface area contributed by atoms with Gasteiger partial charge in [-0.25, -0.2) is 8.42 Å². The van der Waals surface area contributed by atoms with Crippen molar-refractivity contribution in [1.82, 2.24) is 5.32 Å². The van der Waals surface area contributed by atoms with Crippen LogP contribution in [-0.4, -0.2) is 31.1 Å². The first kappa shape index (κ1) is 15.5. The van der Waals surface area contributed by atoms with E-state index < -0.39 is 14.6 Å². The number of para-hydroxylation sites is 1. The van der Waals surface area contributed by atoms with Gasteiger partial charge in [0.05, 0.1) is 9.22 Å². The summed E-state index contributed by atoms with van der Waals surface area (Å²) in [6.07, 6.45) is 1.23. The molecular weight excluding hydrogens is 318 g/mol. The van der Waals surface area contributed by atoms with E-state index in [0.717, 1.165) is 5.56 Å². The van der Waals surface area contributed by atoms with Gasteiger partial charge in [-0.2, -0.15) is 0 Å². The van der Waals surface area contributed by atoms with Crippen LogP contribution in [-0.2, 0) is 16.4 Å². The summed E-state index contributed by atoms with van der Waals surface area (Å²) < 4.78 is 22.8. The van der Waals surface area contributed by atoms with Crippen molar-refractivity contribution in [1.29, 1.82) is 0 Å². The Balaban J connectivity index is 2.66. The van der Waals surface area contributed by atoms with Gasteiger partial charge in [0.15, 0.2) is 9.84 Å². The minimum Gasteiger partial charge on any atom is -0.506 e. The number of hydrogen-bond acceptors (Lipinski definition) is 4. The predicted octanol–water partition coefficient (Wildman–Crippen LogP) is 2.07. The molecular formula is C12H18BrNO3S. The van der Waals surface area contributed by atoms with Gasteiger partial charge in [0.25, 0.3) is 0 Å². The van der Waals surface area contributed by atoms with Crippen molar-refractivity contribution >= 4 is 25.8 Å². The first-order chi connectivity index (χ1) is 8.15. The molecule has 102 valence electrons. The second-order valence-electron chi connectivity index (χ2n) is 4.88. The van der Waals surface area contributed by atoms with E-state index in [-0.39, 0.29) is 5.75 Å². The third kappa shape index (κ3) is 3.70. The van der Waals surface area contributed by atoms with Gasteiger partial charge in [-0.3, -0.25) is 0 Å². The van der Waals surface area contributed by atoms with Crippen LogP contribution in [0, 0.1) is 0 Å². The molecule has 2 N–H and O–H groups in total. The van der Waals surface area contributed by atoms with Crippen LogP contribution < -0.4 is 5.32 Å². The Morgan fingerprint density at radius 2 is 2.00 bits per heavy atom. The quantitative estimate of drug-likeness (QED) is 0.864. The summed E-state index contributed by atoms with van der Waals surface area (Å²) in [5, 5.41) is 12.8. The molecule has 0 fully saturated rings. The molecule has 1 aromatic rings. The maximum atomic E-state index is 11.5. The number of hydrogen-bond donors (Lipinski definition) is 2. The molecule has 0 aliphatic heterocycles. The van der Waals surface area contributed by atoms with E-state index in [4.69, 9.17) is 0 Å². The number of phenolic OH excluding ortho intramolecular Hbond substituents is 1. The van der Waals surface area contributed by atoms with Crippen molar-refractivity contribution in [2.45, 2.75) is 25.1 Å². The molecule has 0 atom stereocenters. The van der Waals surface area contributed by atoms with Crippen LogP contribution in [0.3, 0.4) is 0 Å². The first-order valence-corrected chi connectivity index (χ1v) is 8.20. The zero-order chi connectivity index (χ0) is 14.0. The molecule has 1 rings (SSSR count). The summed E-state index contributed by atoms with van der Waals surface area (Å²) in [5.41, 5.74) is 0.730. The van der Waals surface area contributed by atoms with Crippen LogP contribution in [0.2, 0.25) is 0 Å². The lowest BCUT2D eigenvalue weighted by atomic mass is 10.1. The molecule has 0 saturated heterocycles. The van der Waals surface area contributed by atoms with Crippen molar-refractivity contribution in [2.24, 2.45) is 0 Å². The Hall–Kier alpha value is -0.590. The molecule has 18 heavy (non-hydrogen) atoms. The van der Waals surface area contributed by atoms with Crippen LogP contribution in [0.25, 0.3) is 0 Å². The van der Waals surface area contributed by atoms with E-state index in [1.54, 1.807) is 26.0 Å². The smallest absolute Gasteiger partial charge is 0.153 e. The van der Waals surface area contributed by atoms with Crippen molar-refractivity contribution in [3.05, 3.63) is 28.2 Å². The van der Waals surface area contributed by atoms with E-state index in [1.807, 2.05) is 6.07 Å². The standard InChI is InChI=1S/C12H18BrNO3S/c1-12(2,18(3,16)17)8-14-7-9-5-4-6-10(13)11(9)15/h4-6,14-15H,7-8H2,1-3H3. The number of aromatic hydroxyl groups is 1. The van der Waals surface area contributed by atoms with Crippen LogP contribution in [0.5, 0.6) is 5.75 Å². The first-order valence-electron chi connectivity index (χ1n) is 5.52. The van der Waals surface area contributed by atoms with Crippen molar-refractivity contribution in [3.8, 4) is 5.75 Å². The Labute approximate surface area is 116 Å². The highest BCUT2D eigenvalue weighted by Crippen LogP contribution is 2.27. The number of sulfone groups is 1. The van der Waals surface area contributed by atoms with Gasteiger partial charge in [0.2, 0.25) is 0 Å². The molecule has 0 radical (unpaired) electrons. The maximum Gasteiger partial charge on any atom is 0.153 e. The highest BCUT2D eigenvalue weighted by molar-refractivity contribution is 9.10. The fraction of sp³-hybridized carbons (Fsp3) is 0.500. The molecule has 4 nitrogen and oxygen atoms in total. The van der Waals surface area contributed by atoms with E-state index in [0.29, 0.717) is 17.6 Å². The molecule has 0 heterocycles. The van der Waals surface area contributed by atoms with Crippen LogP contribution >= 0.6 is 15.9 Å². The molecule has 0 spiro atoms. The molecule has 0 unspecified atom stereocenters. The van der Waals surface area contributed by atoms with E-state index in [2.05, 4.69) is 21.2 Å². The topological polar surface area (TPSA) is 66.4 Å². The summed E-state index contributed by atoms with van der Waals surface area (Å²) in [4.78, 5) is 0. The fourth-order valence-electron chi connectivity index (χ4n) is 1.33. The van der Waals surface area contributed by atoms with Crippen LogP contribution in [0.1, 0.15) is 19.4 Å². The number of halogens is 1. The summed E-state index contributed by atoms with van der Waals surface area (Å²) in [5.74, 6) is 0.183. The van der Waals surface area contributed by atoms with Crippen molar-refractivity contribution < 1.29 is 13.5 Å². The number of phenols is 1. The number of rotatable bonds is 5. The molecule has 1 aromatic carbocycles. The number of nitrogens with one attached hydrogen (secondary N) is 1. The van der Waals surface area contributed by atoms with Gasteiger partial charge in [-0.05, 0) is 35.8 Å². The van der Waals surface area contributed by atoms with E-state index in [1.165, 1.54) is 6.26 Å². The third-order valence-corrected chi connectivity index (χ3v) is 5.73. The van der Waals surface area contributed by atoms with Gasteiger partial charge < -0.3 is 10.4 Å². The van der Waals surface area contributed by atoms with Crippen molar-refractivity contribution in [2.75, 3.05) is 12.8 Å². The highest BCUT2D eigenvalue weighted by atomic mass is 79.9.